The van der Waals surface area contributed by atoms with E-state index in [0.717, 1.165) is 0 Å². The zero-order valence-corrected chi connectivity index (χ0v) is 18.0. The molecule has 1 heterocycles. The molecule has 1 aromatic rings. The van der Waals surface area contributed by atoms with Crippen LogP contribution in [-0.2, 0) is 19.3 Å². The second-order valence-electron chi connectivity index (χ2n) is 7.69. The number of hydrogen-bond acceptors (Lipinski definition) is 5. The molecule has 3 amide bonds. The summed E-state index contributed by atoms with van der Waals surface area (Å²) in [6.07, 6.45) is 0.738. The van der Waals surface area contributed by atoms with E-state index in [1.165, 1.54) is 28.0 Å². The Morgan fingerprint density at radius 2 is 1.72 bits per heavy atom. The Labute approximate surface area is 171 Å². The first-order valence-corrected chi connectivity index (χ1v) is 11.0. The molecule has 0 aliphatic carbocycles. The minimum atomic E-state index is -2.74. The van der Waals surface area contributed by atoms with Gasteiger partial charge in [0, 0.05) is 31.4 Å². The third kappa shape index (κ3) is 6.15. The van der Waals surface area contributed by atoms with Crippen molar-refractivity contribution in [2.75, 3.05) is 36.5 Å². The van der Waals surface area contributed by atoms with Crippen LogP contribution in [0, 0.1) is 0 Å². The van der Waals surface area contributed by atoms with E-state index in [1.807, 2.05) is 0 Å². The molecule has 0 N–H and O–H groups in total. The molecule has 0 unspecified atom stereocenters. The smallest absolute Gasteiger partial charge is 0.410 e. The maximum atomic E-state index is 12.9. The van der Waals surface area contributed by atoms with Gasteiger partial charge in [0.15, 0.2) is 0 Å². The van der Waals surface area contributed by atoms with Crippen molar-refractivity contribution in [1.29, 1.82) is 0 Å². The van der Waals surface area contributed by atoms with Gasteiger partial charge in [0.25, 0.3) is 5.91 Å². The molecule has 158 valence electrons. The van der Waals surface area contributed by atoms with Gasteiger partial charge >= 0.3 is 6.09 Å². The molecule has 0 bridgehead atoms. The minimum absolute atomic E-state index is 0.118. The highest BCUT2D eigenvalue weighted by Gasteiger charge is 2.28. The molecule has 8 nitrogen and oxygen atoms in total. The number of likely N-dealkylation sites (N-methyl/N-ethyl adjacent to an activating group) is 1. The minimum Gasteiger partial charge on any atom is -0.444 e. The van der Waals surface area contributed by atoms with Crippen molar-refractivity contribution in [3.8, 4) is 0 Å². The Balaban J connectivity index is 2.06. The second kappa shape index (κ2) is 8.77. The summed E-state index contributed by atoms with van der Waals surface area (Å²) in [5.74, 6) is -0.613. The number of nitrogens with zero attached hydrogens (tertiary/aromatic N) is 3. The van der Waals surface area contributed by atoms with Crippen molar-refractivity contribution in [2.45, 2.75) is 26.4 Å². The summed E-state index contributed by atoms with van der Waals surface area (Å²) in [4.78, 5) is 39.1. The molecule has 0 saturated carbocycles. The van der Waals surface area contributed by atoms with E-state index in [2.05, 4.69) is 10.9 Å². The maximum Gasteiger partial charge on any atom is 0.410 e. The largest absolute Gasteiger partial charge is 0.444 e. The lowest BCUT2D eigenvalue weighted by Crippen LogP contribution is -2.45. The standard InChI is InChI=1S/C20H27N3O5S/c1-6-17(24)22(5)16-9-7-15(8-10-16)18(25)21-29(27)13-11-23(12-14-29)19(26)28-20(2,3)4/h6-10H,1,11-14H2,2-5H3. The molecule has 9 heteroatoms. The number of benzene rings is 1. The second-order valence-corrected chi connectivity index (χ2v) is 10.2. The Kier molecular flexibility index (Phi) is 6.84. The molecule has 0 radical (unpaired) electrons. The van der Waals surface area contributed by atoms with Crippen LogP contribution in [0.5, 0.6) is 0 Å². The van der Waals surface area contributed by atoms with Gasteiger partial charge in [-0.25, -0.2) is 9.00 Å². The lowest BCUT2D eigenvalue weighted by atomic mass is 10.2. The summed E-state index contributed by atoms with van der Waals surface area (Å²) >= 11 is 0. The normalized spacial score (nSPS) is 15.9. The number of ether oxygens (including phenoxy) is 1. The van der Waals surface area contributed by atoms with Gasteiger partial charge in [-0.2, -0.15) is 4.36 Å². The van der Waals surface area contributed by atoms with Gasteiger partial charge in [-0.3, -0.25) is 9.59 Å². The van der Waals surface area contributed by atoms with Gasteiger partial charge in [0.1, 0.15) is 5.60 Å². The van der Waals surface area contributed by atoms with Gasteiger partial charge in [0.2, 0.25) is 5.91 Å². The fourth-order valence-electron chi connectivity index (χ4n) is 2.62. The predicted octanol–water partition coefficient (Wildman–Crippen LogP) is 2.69. The van der Waals surface area contributed by atoms with E-state index in [1.54, 1.807) is 40.0 Å². The number of anilines is 1. The summed E-state index contributed by atoms with van der Waals surface area (Å²) in [6.45, 7) is 9.22. The van der Waals surface area contributed by atoms with Gasteiger partial charge in [-0.15, -0.1) is 0 Å². The van der Waals surface area contributed by atoms with E-state index in [0.29, 0.717) is 5.69 Å². The quantitative estimate of drug-likeness (QED) is 0.699. The monoisotopic (exact) mass is 421 g/mol. The van der Waals surface area contributed by atoms with E-state index in [-0.39, 0.29) is 36.1 Å². The average Bonchev–Trinajstić information content (AvgIpc) is 2.65. The predicted molar refractivity (Wildman–Crippen MR) is 112 cm³/mol. The van der Waals surface area contributed by atoms with Crippen molar-refractivity contribution in [3.05, 3.63) is 42.5 Å². The van der Waals surface area contributed by atoms with Crippen LogP contribution in [0.15, 0.2) is 41.3 Å². The number of carbonyl (C=O) groups excluding carboxylic acids is 3. The molecule has 29 heavy (non-hydrogen) atoms. The summed E-state index contributed by atoms with van der Waals surface area (Å²) < 4.78 is 22.2. The number of carbonyl (C=O) groups is 3. The fraction of sp³-hybridized carbons (Fsp3) is 0.450. The number of rotatable bonds is 3. The molecule has 2 rings (SSSR count). The van der Waals surface area contributed by atoms with Crippen LogP contribution in [-0.4, -0.2) is 64.3 Å². The maximum absolute atomic E-state index is 12.9. The molecule has 1 fully saturated rings. The van der Waals surface area contributed by atoms with Crippen molar-refractivity contribution in [1.82, 2.24) is 4.90 Å². The summed E-state index contributed by atoms with van der Waals surface area (Å²) in [7, 11) is -1.15. The third-order valence-electron chi connectivity index (χ3n) is 4.27. The van der Waals surface area contributed by atoms with Gasteiger partial charge in [0.05, 0.1) is 21.2 Å². The zero-order chi connectivity index (χ0) is 21.8. The molecule has 1 aliphatic rings. The van der Waals surface area contributed by atoms with E-state index in [9.17, 15) is 18.6 Å². The molecule has 0 atom stereocenters. The first-order chi connectivity index (χ1) is 13.4. The molecule has 0 spiro atoms. The van der Waals surface area contributed by atoms with Crippen LogP contribution < -0.4 is 4.90 Å². The van der Waals surface area contributed by atoms with Crippen LogP contribution >= 0.6 is 0 Å². The van der Waals surface area contributed by atoms with Crippen molar-refractivity contribution in [3.63, 3.8) is 0 Å². The van der Waals surface area contributed by atoms with Crippen molar-refractivity contribution < 1.29 is 23.3 Å². The van der Waals surface area contributed by atoms with Crippen molar-refractivity contribution in [2.24, 2.45) is 4.36 Å². The van der Waals surface area contributed by atoms with E-state index < -0.39 is 27.3 Å². The lowest BCUT2D eigenvalue weighted by Gasteiger charge is -2.30. The first-order valence-electron chi connectivity index (χ1n) is 9.19. The average molecular weight is 422 g/mol. The van der Waals surface area contributed by atoms with Crippen LogP contribution in [0.1, 0.15) is 31.1 Å². The summed E-state index contributed by atoms with van der Waals surface area (Å²) in [5, 5.41) is 0. The number of hydrogen-bond donors (Lipinski definition) is 0. The fourth-order valence-corrected chi connectivity index (χ4v) is 4.42. The van der Waals surface area contributed by atoms with E-state index >= 15 is 0 Å². The van der Waals surface area contributed by atoms with Gasteiger partial charge < -0.3 is 14.5 Å². The highest BCUT2D eigenvalue weighted by molar-refractivity contribution is 7.94. The van der Waals surface area contributed by atoms with Crippen molar-refractivity contribution >= 4 is 33.3 Å². The van der Waals surface area contributed by atoms with Crippen LogP contribution in [0.25, 0.3) is 0 Å². The molecule has 1 aromatic carbocycles. The summed E-state index contributed by atoms with van der Waals surface area (Å²) in [5.41, 5.74) is 0.277. The lowest BCUT2D eigenvalue weighted by molar-refractivity contribution is -0.113. The SMILES string of the molecule is C=CC(=O)N(C)c1ccc(C(=O)N=S2(=O)CCN(C(=O)OC(C)(C)C)CC2)cc1. The molecule has 1 aliphatic heterocycles. The Morgan fingerprint density at radius 3 is 2.21 bits per heavy atom. The topological polar surface area (TPSA) is 96.4 Å². The van der Waals surface area contributed by atoms with Crippen LogP contribution in [0.3, 0.4) is 0 Å². The third-order valence-corrected chi connectivity index (χ3v) is 6.41. The van der Waals surface area contributed by atoms with Crippen LogP contribution in [0.2, 0.25) is 0 Å². The van der Waals surface area contributed by atoms with E-state index in [4.69, 9.17) is 4.74 Å². The highest BCUT2D eigenvalue weighted by Crippen LogP contribution is 2.17. The Morgan fingerprint density at radius 1 is 1.17 bits per heavy atom. The first kappa shape index (κ1) is 22.6. The van der Waals surface area contributed by atoms with Gasteiger partial charge in [-0.1, -0.05) is 6.58 Å². The molecule has 0 aromatic heterocycles. The number of amides is 3. The summed E-state index contributed by atoms with van der Waals surface area (Å²) in [6, 6.07) is 6.30. The Bertz CT molecular complexity index is 910. The molecule has 1 saturated heterocycles. The molecular formula is C20H27N3O5S. The zero-order valence-electron chi connectivity index (χ0n) is 17.2. The Hall–Kier alpha value is -2.68. The van der Waals surface area contributed by atoms with Gasteiger partial charge in [-0.05, 0) is 51.1 Å². The van der Waals surface area contributed by atoms with Crippen LogP contribution in [0.4, 0.5) is 10.5 Å². The molecular weight excluding hydrogens is 394 g/mol. The highest BCUT2D eigenvalue weighted by atomic mass is 32.2.